The van der Waals surface area contributed by atoms with Crippen LogP contribution in [0.15, 0.2) is 6.33 Å². The summed E-state index contributed by atoms with van der Waals surface area (Å²) in [4.78, 5) is 34.3. The van der Waals surface area contributed by atoms with E-state index in [-0.39, 0.29) is 24.5 Å². The van der Waals surface area contributed by atoms with E-state index in [0.29, 0.717) is 32.0 Å². The Hall–Kier alpha value is -1.89. The van der Waals surface area contributed by atoms with Gasteiger partial charge in [0, 0.05) is 45.2 Å². The number of aryl methyl sites for hydroxylation is 1. The van der Waals surface area contributed by atoms with Crippen LogP contribution in [-0.2, 0) is 33.3 Å². The standard InChI is InChI=1S/C20H30N4O3/c1-14(2)27-11-18(26)24-8-6-16-19(21-13-22(16)3)20(24)7-9-23(12-20)17(25)10-15-4-5-15/h13-15H,4-12H2,1-3H3. The highest BCUT2D eigenvalue weighted by atomic mass is 16.5. The highest BCUT2D eigenvalue weighted by Crippen LogP contribution is 2.43. The zero-order valence-electron chi connectivity index (χ0n) is 16.6. The number of carbonyl (C=O) groups excluding carboxylic acids is 2. The Bertz CT molecular complexity index is 740. The molecule has 1 saturated heterocycles. The molecule has 148 valence electrons. The first kappa shape index (κ1) is 18.5. The van der Waals surface area contributed by atoms with E-state index in [1.165, 1.54) is 18.5 Å². The van der Waals surface area contributed by atoms with Crippen LogP contribution in [0.25, 0.3) is 0 Å². The summed E-state index contributed by atoms with van der Waals surface area (Å²) >= 11 is 0. The molecule has 1 aliphatic carbocycles. The zero-order chi connectivity index (χ0) is 19.2. The minimum Gasteiger partial charge on any atom is -0.369 e. The van der Waals surface area contributed by atoms with Gasteiger partial charge < -0.3 is 19.1 Å². The first-order valence-electron chi connectivity index (χ1n) is 10.1. The van der Waals surface area contributed by atoms with Gasteiger partial charge in [0.2, 0.25) is 11.8 Å². The van der Waals surface area contributed by atoms with Gasteiger partial charge in [0.15, 0.2) is 0 Å². The number of imidazole rings is 1. The van der Waals surface area contributed by atoms with Crippen molar-refractivity contribution in [3.05, 3.63) is 17.7 Å². The molecule has 3 heterocycles. The number of carbonyl (C=O) groups is 2. The molecule has 1 unspecified atom stereocenters. The van der Waals surface area contributed by atoms with Crippen molar-refractivity contribution in [1.82, 2.24) is 19.4 Å². The molecule has 7 nitrogen and oxygen atoms in total. The molecule has 0 bridgehead atoms. The molecule has 1 atom stereocenters. The second-order valence-corrected chi connectivity index (χ2v) is 8.55. The molecule has 0 radical (unpaired) electrons. The number of hydrogen-bond donors (Lipinski definition) is 0. The summed E-state index contributed by atoms with van der Waals surface area (Å²) < 4.78 is 7.64. The molecule has 2 amide bonds. The minimum absolute atomic E-state index is 0.00325. The molecule has 0 aromatic carbocycles. The molecule has 3 aliphatic rings. The number of aromatic nitrogens is 2. The summed E-state index contributed by atoms with van der Waals surface area (Å²) in [5.74, 6) is 0.794. The Morgan fingerprint density at radius 3 is 2.78 bits per heavy atom. The molecule has 27 heavy (non-hydrogen) atoms. The van der Waals surface area contributed by atoms with Crippen LogP contribution < -0.4 is 0 Å². The third-order valence-corrected chi connectivity index (χ3v) is 6.19. The zero-order valence-corrected chi connectivity index (χ0v) is 16.6. The maximum absolute atomic E-state index is 13.0. The summed E-state index contributed by atoms with van der Waals surface area (Å²) in [7, 11) is 2.00. The SMILES string of the molecule is CC(C)OCC(=O)N1CCc2c(ncn2C)C12CCN(C(=O)CC1CC1)C2. The maximum atomic E-state index is 13.0. The quantitative estimate of drug-likeness (QED) is 0.783. The highest BCUT2D eigenvalue weighted by Gasteiger charge is 2.52. The monoisotopic (exact) mass is 374 g/mol. The lowest BCUT2D eigenvalue weighted by Crippen LogP contribution is -2.56. The molecule has 1 aromatic heterocycles. The lowest BCUT2D eigenvalue weighted by Gasteiger charge is -2.44. The fraction of sp³-hybridized carbons (Fsp3) is 0.750. The van der Waals surface area contributed by atoms with Gasteiger partial charge >= 0.3 is 0 Å². The second kappa shape index (κ2) is 6.93. The van der Waals surface area contributed by atoms with E-state index in [0.717, 1.165) is 18.5 Å². The van der Waals surface area contributed by atoms with E-state index in [1.54, 1.807) is 0 Å². The smallest absolute Gasteiger partial charge is 0.249 e. The van der Waals surface area contributed by atoms with Crippen LogP contribution in [0.5, 0.6) is 0 Å². The summed E-state index contributed by atoms with van der Waals surface area (Å²) in [5.41, 5.74) is 1.64. The van der Waals surface area contributed by atoms with Crippen LogP contribution in [-0.4, -0.2) is 63.5 Å². The first-order chi connectivity index (χ1) is 12.9. The van der Waals surface area contributed by atoms with Gasteiger partial charge in [-0.3, -0.25) is 9.59 Å². The van der Waals surface area contributed by atoms with Crippen molar-refractivity contribution in [2.75, 3.05) is 26.2 Å². The number of amides is 2. The van der Waals surface area contributed by atoms with Crippen molar-refractivity contribution in [3.63, 3.8) is 0 Å². The summed E-state index contributed by atoms with van der Waals surface area (Å²) in [6, 6.07) is 0. The van der Waals surface area contributed by atoms with E-state index < -0.39 is 5.54 Å². The summed E-state index contributed by atoms with van der Waals surface area (Å²) in [6.45, 7) is 5.84. The van der Waals surface area contributed by atoms with Crippen LogP contribution in [0.4, 0.5) is 0 Å². The number of rotatable bonds is 5. The predicted octanol–water partition coefficient (Wildman–Crippen LogP) is 1.46. The van der Waals surface area contributed by atoms with Crippen molar-refractivity contribution in [2.24, 2.45) is 13.0 Å². The fourth-order valence-corrected chi connectivity index (χ4v) is 4.50. The van der Waals surface area contributed by atoms with Crippen molar-refractivity contribution in [1.29, 1.82) is 0 Å². The average Bonchev–Trinajstić information content (AvgIpc) is 3.20. The van der Waals surface area contributed by atoms with Gasteiger partial charge in [-0.15, -0.1) is 0 Å². The predicted molar refractivity (Wildman–Crippen MR) is 99.9 cm³/mol. The van der Waals surface area contributed by atoms with Crippen LogP contribution >= 0.6 is 0 Å². The number of nitrogens with zero attached hydrogens (tertiary/aromatic N) is 4. The van der Waals surface area contributed by atoms with E-state index >= 15 is 0 Å². The second-order valence-electron chi connectivity index (χ2n) is 8.55. The van der Waals surface area contributed by atoms with Crippen LogP contribution in [0.1, 0.15) is 50.9 Å². The Balaban J connectivity index is 1.60. The van der Waals surface area contributed by atoms with Crippen molar-refractivity contribution in [3.8, 4) is 0 Å². The summed E-state index contributed by atoms with van der Waals surface area (Å²) in [6.07, 6.45) is 6.38. The topological polar surface area (TPSA) is 67.7 Å². The fourth-order valence-electron chi connectivity index (χ4n) is 4.50. The number of fused-ring (bicyclic) bond motifs is 2. The maximum Gasteiger partial charge on any atom is 0.249 e. The summed E-state index contributed by atoms with van der Waals surface area (Å²) in [5, 5.41) is 0. The van der Waals surface area contributed by atoms with Crippen molar-refractivity contribution < 1.29 is 14.3 Å². The van der Waals surface area contributed by atoms with Gasteiger partial charge in [-0.25, -0.2) is 4.98 Å². The number of hydrogen-bond acceptors (Lipinski definition) is 4. The van der Waals surface area contributed by atoms with Crippen LogP contribution in [0.2, 0.25) is 0 Å². The Morgan fingerprint density at radius 2 is 2.07 bits per heavy atom. The third kappa shape index (κ3) is 3.37. The number of likely N-dealkylation sites (tertiary alicyclic amines) is 1. The molecular formula is C20H30N4O3. The molecule has 1 saturated carbocycles. The largest absolute Gasteiger partial charge is 0.369 e. The van der Waals surface area contributed by atoms with E-state index in [4.69, 9.17) is 4.74 Å². The van der Waals surface area contributed by atoms with Gasteiger partial charge in [-0.1, -0.05) is 0 Å². The average molecular weight is 374 g/mol. The van der Waals surface area contributed by atoms with E-state index in [9.17, 15) is 9.59 Å². The lowest BCUT2D eigenvalue weighted by molar-refractivity contribution is -0.146. The minimum atomic E-state index is -0.508. The van der Waals surface area contributed by atoms with Gasteiger partial charge in [-0.2, -0.15) is 0 Å². The van der Waals surface area contributed by atoms with Crippen molar-refractivity contribution in [2.45, 2.75) is 57.6 Å². The van der Waals surface area contributed by atoms with E-state index in [2.05, 4.69) is 9.55 Å². The Morgan fingerprint density at radius 1 is 1.30 bits per heavy atom. The van der Waals surface area contributed by atoms with Gasteiger partial charge in [0.1, 0.15) is 12.1 Å². The van der Waals surface area contributed by atoms with Crippen LogP contribution in [0, 0.1) is 5.92 Å². The van der Waals surface area contributed by atoms with Gasteiger partial charge in [0.25, 0.3) is 0 Å². The molecule has 1 spiro atoms. The molecular weight excluding hydrogens is 344 g/mol. The van der Waals surface area contributed by atoms with Gasteiger partial charge in [-0.05, 0) is 39.0 Å². The lowest BCUT2D eigenvalue weighted by atomic mass is 9.85. The Kier molecular flexibility index (Phi) is 4.74. The van der Waals surface area contributed by atoms with Crippen molar-refractivity contribution >= 4 is 11.8 Å². The molecule has 2 fully saturated rings. The normalized spacial score (nSPS) is 24.7. The highest BCUT2D eigenvalue weighted by molar-refractivity contribution is 5.80. The molecule has 1 aromatic rings. The number of ether oxygens (including phenoxy) is 1. The van der Waals surface area contributed by atoms with Crippen LogP contribution in [0.3, 0.4) is 0 Å². The molecule has 7 heteroatoms. The Labute approximate surface area is 160 Å². The third-order valence-electron chi connectivity index (χ3n) is 6.19. The molecule has 2 aliphatic heterocycles. The van der Waals surface area contributed by atoms with E-state index in [1.807, 2.05) is 37.0 Å². The molecule has 4 rings (SSSR count). The first-order valence-corrected chi connectivity index (χ1v) is 10.1. The molecule has 0 N–H and O–H groups in total. The van der Waals surface area contributed by atoms with Gasteiger partial charge in [0.05, 0.1) is 18.1 Å².